The van der Waals surface area contributed by atoms with Gasteiger partial charge >= 0.3 is 0 Å². The standard InChI is InChI=1S/C11H10O4/c1-2-15-11-4-3-8(10(14)7-13)5-9(11)6-12/h3-7H,2H2,1H3. The minimum Gasteiger partial charge on any atom is -0.493 e. The summed E-state index contributed by atoms with van der Waals surface area (Å²) in [5.41, 5.74) is 0.458. The molecule has 0 atom stereocenters. The largest absolute Gasteiger partial charge is 0.493 e. The van der Waals surface area contributed by atoms with Gasteiger partial charge in [0.25, 0.3) is 0 Å². The smallest absolute Gasteiger partial charge is 0.225 e. The summed E-state index contributed by atoms with van der Waals surface area (Å²) in [6.45, 7) is 2.22. The lowest BCUT2D eigenvalue weighted by Gasteiger charge is -2.06. The van der Waals surface area contributed by atoms with Crippen LogP contribution in [0.2, 0.25) is 0 Å². The molecule has 15 heavy (non-hydrogen) atoms. The maximum atomic E-state index is 11.0. The predicted molar refractivity (Wildman–Crippen MR) is 53.4 cm³/mol. The van der Waals surface area contributed by atoms with E-state index in [0.717, 1.165) is 0 Å². The van der Waals surface area contributed by atoms with Crippen molar-refractivity contribution in [3.8, 4) is 5.75 Å². The summed E-state index contributed by atoms with van der Waals surface area (Å²) in [6.07, 6.45) is 0.802. The molecule has 4 heteroatoms. The average molecular weight is 206 g/mol. The Balaban J connectivity index is 3.12. The molecule has 0 N–H and O–H groups in total. The number of ketones is 1. The lowest BCUT2D eigenvalue weighted by molar-refractivity contribution is -0.104. The summed E-state index contributed by atoms with van der Waals surface area (Å²) in [6, 6.07) is 4.30. The van der Waals surface area contributed by atoms with Crippen molar-refractivity contribution in [3.63, 3.8) is 0 Å². The van der Waals surface area contributed by atoms with Crippen LogP contribution >= 0.6 is 0 Å². The Morgan fingerprint density at radius 3 is 2.67 bits per heavy atom. The summed E-state index contributed by atoms with van der Waals surface area (Å²) in [5.74, 6) is -0.240. The number of ether oxygens (including phenoxy) is 1. The molecule has 0 aliphatic rings. The van der Waals surface area contributed by atoms with Crippen LogP contribution < -0.4 is 4.74 Å². The summed E-state index contributed by atoms with van der Waals surface area (Å²) in [7, 11) is 0. The van der Waals surface area contributed by atoms with Crippen LogP contribution in [-0.4, -0.2) is 25.0 Å². The fraction of sp³-hybridized carbons (Fsp3) is 0.182. The molecular formula is C11H10O4. The van der Waals surface area contributed by atoms with Crippen molar-refractivity contribution in [2.45, 2.75) is 6.92 Å². The van der Waals surface area contributed by atoms with E-state index in [2.05, 4.69) is 0 Å². The number of carbonyl (C=O) groups is 3. The molecular weight excluding hydrogens is 196 g/mol. The number of carbonyl (C=O) groups excluding carboxylic acids is 3. The fourth-order valence-corrected chi connectivity index (χ4v) is 1.15. The molecule has 0 fully saturated rings. The fourth-order valence-electron chi connectivity index (χ4n) is 1.15. The second-order valence-electron chi connectivity index (χ2n) is 2.79. The quantitative estimate of drug-likeness (QED) is 0.413. The third-order valence-electron chi connectivity index (χ3n) is 1.83. The molecule has 0 saturated heterocycles. The van der Waals surface area contributed by atoms with E-state index >= 15 is 0 Å². The molecule has 0 unspecified atom stereocenters. The van der Waals surface area contributed by atoms with Crippen LogP contribution in [0.3, 0.4) is 0 Å². The maximum Gasteiger partial charge on any atom is 0.225 e. The van der Waals surface area contributed by atoms with Crippen molar-refractivity contribution >= 4 is 18.4 Å². The van der Waals surface area contributed by atoms with Crippen molar-refractivity contribution in [2.24, 2.45) is 0 Å². The molecule has 0 saturated carbocycles. The van der Waals surface area contributed by atoms with Gasteiger partial charge in [-0.2, -0.15) is 0 Å². The zero-order valence-corrected chi connectivity index (χ0v) is 8.23. The highest BCUT2D eigenvalue weighted by atomic mass is 16.5. The maximum absolute atomic E-state index is 11.0. The highest BCUT2D eigenvalue weighted by molar-refractivity contribution is 6.33. The van der Waals surface area contributed by atoms with Gasteiger partial charge in [-0.3, -0.25) is 14.4 Å². The van der Waals surface area contributed by atoms with E-state index in [-0.39, 0.29) is 17.4 Å². The van der Waals surface area contributed by atoms with Gasteiger partial charge in [-0.15, -0.1) is 0 Å². The Hall–Kier alpha value is -1.97. The zero-order valence-electron chi connectivity index (χ0n) is 8.23. The molecule has 0 radical (unpaired) electrons. The van der Waals surface area contributed by atoms with Crippen molar-refractivity contribution in [3.05, 3.63) is 29.3 Å². The molecule has 1 aromatic carbocycles. The number of hydrogen-bond acceptors (Lipinski definition) is 4. The monoisotopic (exact) mass is 206 g/mol. The third kappa shape index (κ3) is 2.49. The molecule has 4 nitrogen and oxygen atoms in total. The van der Waals surface area contributed by atoms with Gasteiger partial charge in [-0.1, -0.05) is 0 Å². The lowest BCUT2D eigenvalue weighted by atomic mass is 10.1. The van der Waals surface area contributed by atoms with Gasteiger partial charge in [-0.25, -0.2) is 0 Å². The highest BCUT2D eigenvalue weighted by Crippen LogP contribution is 2.18. The molecule has 0 bridgehead atoms. The van der Waals surface area contributed by atoms with Crippen LogP contribution in [0, 0.1) is 0 Å². The molecule has 0 aliphatic heterocycles. The summed E-state index contributed by atoms with van der Waals surface area (Å²) in [5, 5.41) is 0. The van der Waals surface area contributed by atoms with Gasteiger partial charge in [0.05, 0.1) is 12.2 Å². The van der Waals surface area contributed by atoms with E-state index in [1.165, 1.54) is 18.2 Å². The first-order valence-electron chi connectivity index (χ1n) is 4.44. The van der Waals surface area contributed by atoms with Gasteiger partial charge < -0.3 is 4.74 Å². The Labute approximate surface area is 86.9 Å². The van der Waals surface area contributed by atoms with Crippen molar-refractivity contribution in [1.82, 2.24) is 0 Å². The number of hydrogen-bond donors (Lipinski definition) is 0. The Bertz CT molecular complexity index is 396. The zero-order chi connectivity index (χ0) is 11.3. The van der Waals surface area contributed by atoms with E-state index in [1.54, 1.807) is 6.92 Å². The molecule has 1 aromatic rings. The summed E-state index contributed by atoms with van der Waals surface area (Å²) >= 11 is 0. The van der Waals surface area contributed by atoms with Crippen LogP contribution in [0.25, 0.3) is 0 Å². The van der Waals surface area contributed by atoms with E-state index < -0.39 is 5.78 Å². The lowest BCUT2D eigenvalue weighted by Crippen LogP contribution is -2.02. The van der Waals surface area contributed by atoms with Crippen LogP contribution in [0.4, 0.5) is 0 Å². The predicted octanol–water partition coefficient (Wildman–Crippen LogP) is 1.28. The second kappa shape index (κ2) is 5.05. The number of aldehydes is 2. The summed E-state index contributed by atoms with van der Waals surface area (Å²) < 4.78 is 5.17. The molecule has 1 rings (SSSR count). The van der Waals surface area contributed by atoms with Crippen molar-refractivity contribution in [2.75, 3.05) is 6.61 Å². The molecule has 0 aromatic heterocycles. The van der Waals surface area contributed by atoms with Gasteiger partial charge in [0.1, 0.15) is 5.75 Å². The second-order valence-corrected chi connectivity index (χ2v) is 2.79. The first kappa shape index (κ1) is 11.1. The van der Waals surface area contributed by atoms with Crippen LogP contribution in [-0.2, 0) is 4.79 Å². The van der Waals surface area contributed by atoms with E-state index in [9.17, 15) is 14.4 Å². The number of Topliss-reactive ketones (excluding diaryl/α,β-unsaturated/α-hetero) is 1. The first-order valence-corrected chi connectivity index (χ1v) is 4.44. The van der Waals surface area contributed by atoms with Crippen LogP contribution in [0.15, 0.2) is 18.2 Å². The molecule has 78 valence electrons. The van der Waals surface area contributed by atoms with Crippen LogP contribution in [0.5, 0.6) is 5.75 Å². The van der Waals surface area contributed by atoms with Gasteiger partial charge in [-0.05, 0) is 25.1 Å². The topological polar surface area (TPSA) is 60.4 Å². The van der Waals surface area contributed by atoms with E-state index in [4.69, 9.17) is 4.74 Å². The van der Waals surface area contributed by atoms with Crippen molar-refractivity contribution in [1.29, 1.82) is 0 Å². The van der Waals surface area contributed by atoms with Crippen molar-refractivity contribution < 1.29 is 19.1 Å². The summed E-state index contributed by atoms with van der Waals surface area (Å²) in [4.78, 5) is 32.0. The molecule has 0 spiro atoms. The van der Waals surface area contributed by atoms with Gasteiger partial charge in [0.15, 0.2) is 12.6 Å². The molecule has 0 heterocycles. The SMILES string of the molecule is CCOc1ccc(C(=O)C=O)cc1C=O. The normalized spacial score (nSPS) is 9.40. The molecule has 0 amide bonds. The first-order chi connectivity index (χ1) is 7.22. The Kier molecular flexibility index (Phi) is 3.74. The van der Waals surface area contributed by atoms with E-state index in [1.807, 2.05) is 0 Å². The number of rotatable bonds is 5. The Morgan fingerprint density at radius 1 is 1.40 bits per heavy atom. The minimum absolute atomic E-state index is 0.190. The minimum atomic E-state index is -0.652. The van der Waals surface area contributed by atoms with Gasteiger partial charge in [0.2, 0.25) is 5.78 Å². The average Bonchev–Trinajstić information content (AvgIpc) is 2.29. The third-order valence-corrected chi connectivity index (χ3v) is 1.83. The van der Waals surface area contributed by atoms with E-state index in [0.29, 0.717) is 18.6 Å². The molecule has 0 aliphatic carbocycles. The number of benzene rings is 1. The highest BCUT2D eigenvalue weighted by Gasteiger charge is 2.08. The van der Waals surface area contributed by atoms with Gasteiger partial charge in [0, 0.05) is 5.56 Å². The van der Waals surface area contributed by atoms with Crippen LogP contribution in [0.1, 0.15) is 27.6 Å². The Morgan fingerprint density at radius 2 is 2.13 bits per heavy atom.